The number of benzene rings is 1. The number of hydrogen-bond donors (Lipinski definition) is 2. The Balaban J connectivity index is 1.62. The molecule has 9 heteroatoms. The number of amides is 2. The molecule has 2 heterocycles. The summed E-state index contributed by atoms with van der Waals surface area (Å²) in [6, 6.07) is 8.01. The zero-order valence-corrected chi connectivity index (χ0v) is 13.5. The Hall–Kier alpha value is -2.81. The molecular formula is C16H12F2N4O2S. The van der Waals surface area contributed by atoms with Crippen molar-refractivity contribution in [1.82, 2.24) is 10.3 Å². The number of aromatic nitrogens is 1. The van der Waals surface area contributed by atoms with Crippen molar-refractivity contribution in [1.29, 1.82) is 0 Å². The molecule has 2 amide bonds. The summed E-state index contributed by atoms with van der Waals surface area (Å²) < 4.78 is 26.4. The molecule has 1 fully saturated rings. The third-order valence-electron chi connectivity index (χ3n) is 3.22. The van der Waals surface area contributed by atoms with Gasteiger partial charge >= 0.3 is 0 Å². The molecule has 1 aromatic carbocycles. The Bertz CT molecular complexity index is 845. The predicted molar refractivity (Wildman–Crippen MR) is 90.5 cm³/mol. The van der Waals surface area contributed by atoms with Crippen LogP contribution in [0, 0.1) is 11.6 Å². The maximum absolute atomic E-state index is 13.5. The minimum atomic E-state index is -0.880. The molecule has 0 saturated carbocycles. The summed E-state index contributed by atoms with van der Waals surface area (Å²) in [5.74, 6) is -2.11. The number of nitrogens with one attached hydrogen (secondary N) is 2. The number of carbonyl (C=O) groups is 2. The number of rotatable bonds is 4. The van der Waals surface area contributed by atoms with Crippen LogP contribution in [0.25, 0.3) is 0 Å². The fourth-order valence-electron chi connectivity index (χ4n) is 2.08. The van der Waals surface area contributed by atoms with E-state index in [4.69, 9.17) is 0 Å². The largest absolute Gasteiger partial charge is 0.324 e. The summed E-state index contributed by atoms with van der Waals surface area (Å²) >= 11 is 1.09. The van der Waals surface area contributed by atoms with Gasteiger partial charge in [0.15, 0.2) is 11.0 Å². The number of amidine groups is 1. The average molecular weight is 362 g/mol. The molecule has 128 valence electrons. The van der Waals surface area contributed by atoms with Crippen LogP contribution in [-0.4, -0.2) is 27.2 Å². The molecular weight excluding hydrogens is 350 g/mol. The van der Waals surface area contributed by atoms with Gasteiger partial charge in [-0.15, -0.1) is 0 Å². The monoisotopic (exact) mass is 362 g/mol. The van der Waals surface area contributed by atoms with Crippen LogP contribution in [0.3, 0.4) is 0 Å². The molecule has 1 unspecified atom stereocenters. The smallest absolute Gasteiger partial charge is 0.240 e. The highest BCUT2D eigenvalue weighted by Crippen LogP contribution is 2.25. The Morgan fingerprint density at radius 1 is 1.32 bits per heavy atom. The number of anilines is 1. The minimum absolute atomic E-state index is 0.141. The van der Waals surface area contributed by atoms with Crippen molar-refractivity contribution in [3.05, 3.63) is 54.2 Å². The van der Waals surface area contributed by atoms with E-state index in [1.54, 1.807) is 24.4 Å². The van der Waals surface area contributed by atoms with Crippen LogP contribution in [0.5, 0.6) is 0 Å². The normalized spacial score (nSPS) is 18.2. The maximum Gasteiger partial charge on any atom is 0.240 e. The third kappa shape index (κ3) is 4.38. The molecule has 3 rings (SSSR count). The molecule has 1 atom stereocenters. The molecule has 2 N–H and O–H groups in total. The summed E-state index contributed by atoms with van der Waals surface area (Å²) in [4.78, 5) is 32.1. The molecule has 1 aromatic heterocycles. The Morgan fingerprint density at radius 2 is 2.16 bits per heavy atom. The molecule has 0 spiro atoms. The van der Waals surface area contributed by atoms with Gasteiger partial charge in [-0.25, -0.2) is 18.8 Å². The molecule has 0 bridgehead atoms. The van der Waals surface area contributed by atoms with Gasteiger partial charge in [-0.1, -0.05) is 17.8 Å². The van der Waals surface area contributed by atoms with E-state index in [1.165, 1.54) is 0 Å². The predicted octanol–water partition coefficient (Wildman–Crippen LogP) is 2.61. The highest BCUT2D eigenvalue weighted by Gasteiger charge is 2.32. The first-order valence-electron chi connectivity index (χ1n) is 7.23. The van der Waals surface area contributed by atoms with Crippen molar-refractivity contribution >= 4 is 40.2 Å². The second kappa shape index (κ2) is 7.39. The van der Waals surface area contributed by atoms with Gasteiger partial charge in [-0.3, -0.25) is 9.59 Å². The SMILES string of the molecule is O=C(CC1S/C(=N/c2ccccn2)NC1=O)Nc1ccc(F)cc1F. The van der Waals surface area contributed by atoms with Crippen LogP contribution >= 0.6 is 11.8 Å². The van der Waals surface area contributed by atoms with Gasteiger partial charge in [-0.2, -0.15) is 0 Å². The lowest BCUT2D eigenvalue weighted by molar-refractivity contribution is -0.122. The van der Waals surface area contributed by atoms with Crippen LogP contribution in [0.2, 0.25) is 0 Å². The van der Waals surface area contributed by atoms with E-state index in [9.17, 15) is 18.4 Å². The van der Waals surface area contributed by atoms with Crippen molar-refractivity contribution in [3.8, 4) is 0 Å². The summed E-state index contributed by atoms with van der Waals surface area (Å²) in [7, 11) is 0. The fraction of sp³-hybridized carbons (Fsp3) is 0.125. The minimum Gasteiger partial charge on any atom is -0.324 e. The molecule has 0 radical (unpaired) electrons. The maximum atomic E-state index is 13.5. The molecule has 1 saturated heterocycles. The van der Waals surface area contributed by atoms with Crippen molar-refractivity contribution < 1.29 is 18.4 Å². The van der Waals surface area contributed by atoms with Crippen LogP contribution < -0.4 is 10.6 Å². The number of nitrogens with zero attached hydrogens (tertiary/aromatic N) is 2. The van der Waals surface area contributed by atoms with E-state index < -0.39 is 22.8 Å². The Kier molecular flexibility index (Phi) is 5.03. The lowest BCUT2D eigenvalue weighted by Crippen LogP contribution is -2.28. The van der Waals surface area contributed by atoms with E-state index in [-0.39, 0.29) is 18.0 Å². The zero-order chi connectivity index (χ0) is 17.8. The van der Waals surface area contributed by atoms with Gasteiger partial charge in [0.2, 0.25) is 11.8 Å². The topological polar surface area (TPSA) is 83.5 Å². The van der Waals surface area contributed by atoms with Crippen LogP contribution in [0.4, 0.5) is 20.3 Å². The number of thioether (sulfide) groups is 1. The van der Waals surface area contributed by atoms with E-state index in [2.05, 4.69) is 20.6 Å². The number of hydrogen-bond acceptors (Lipinski definition) is 5. The van der Waals surface area contributed by atoms with E-state index >= 15 is 0 Å². The molecule has 1 aliphatic rings. The Morgan fingerprint density at radius 3 is 2.88 bits per heavy atom. The number of carbonyl (C=O) groups excluding carboxylic acids is 2. The van der Waals surface area contributed by atoms with Gasteiger partial charge < -0.3 is 10.6 Å². The van der Waals surface area contributed by atoms with Gasteiger partial charge in [0, 0.05) is 18.7 Å². The van der Waals surface area contributed by atoms with Gasteiger partial charge in [0.25, 0.3) is 0 Å². The lowest BCUT2D eigenvalue weighted by atomic mass is 10.2. The molecule has 2 aromatic rings. The third-order valence-corrected chi connectivity index (χ3v) is 4.30. The van der Waals surface area contributed by atoms with E-state index in [0.29, 0.717) is 17.1 Å². The van der Waals surface area contributed by atoms with E-state index in [0.717, 1.165) is 23.9 Å². The molecule has 0 aliphatic carbocycles. The van der Waals surface area contributed by atoms with E-state index in [1.807, 2.05) is 0 Å². The molecule has 1 aliphatic heterocycles. The lowest BCUT2D eigenvalue weighted by Gasteiger charge is -2.08. The highest BCUT2D eigenvalue weighted by molar-refractivity contribution is 8.15. The van der Waals surface area contributed by atoms with Crippen molar-refractivity contribution in [3.63, 3.8) is 0 Å². The van der Waals surface area contributed by atoms with Gasteiger partial charge in [0.05, 0.1) is 5.69 Å². The number of aliphatic imine (C=N–C) groups is 1. The molecule has 25 heavy (non-hydrogen) atoms. The zero-order valence-electron chi connectivity index (χ0n) is 12.7. The summed E-state index contributed by atoms with van der Waals surface area (Å²) in [6.45, 7) is 0. The van der Waals surface area contributed by atoms with Crippen LogP contribution in [0.1, 0.15) is 6.42 Å². The average Bonchev–Trinajstić information content (AvgIpc) is 2.90. The first-order chi connectivity index (χ1) is 12.0. The van der Waals surface area contributed by atoms with Crippen molar-refractivity contribution in [2.24, 2.45) is 4.99 Å². The standard InChI is InChI=1S/C16H12F2N4O2S/c17-9-4-5-11(10(18)7-9)20-14(23)8-12-15(24)22-16(25-12)21-13-3-1-2-6-19-13/h1-7,12H,8H2,(H,20,23)(H,19,21,22,24). The first kappa shape index (κ1) is 17.0. The summed E-state index contributed by atoms with van der Waals surface area (Å²) in [5, 5.41) is 4.55. The first-order valence-corrected chi connectivity index (χ1v) is 8.11. The van der Waals surface area contributed by atoms with Gasteiger partial charge in [-0.05, 0) is 24.3 Å². The highest BCUT2D eigenvalue weighted by atomic mass is 32.2. The summed E-state index contributed by atoms with van der Waals surface area (Å²) in [5.41, 5.74) is -0.141. The fourth-order valence-corrected chi connectivity index (χ4v) is 3.05. The Labute approximate surface area is 145 Å². The van der Waals surface area contributed by atoms with Crippen molar-refractivity contribution in [2.45, 2.75) is 11.7 Å². The quantitative estimate of drug-likeness (QED) is 0.876. The van der Waals surface area contributed by atoms with Crippen LogP contribution in [0.15, 0.2) is 47.6 Å². The number of halogens is 2. The second-order valence-electron chi connectivity index (χ2n) is 5.08. The van der Waals surface area contributed by atoms with Crippen LogP contribution in [-0.2, 0) is 9.59 Å². The van der Waals surface area contributed by atoms with Gasteiger partial charge in [0.1, 0.15) is 16.9 Å². The number of pyridine rings is 1. The summed E-state index contributed by atoms with van der Waals surface area (Å²) in [6.07, 6.45) is 1.40. The van der Waals surface area contributed by atoms with Crippen molar-refractivity contribution in [2.75, 3.05) is 5.32 Å². The second-order valence-corrected chi connectivity index (χ2v) is 6.27. The molecule has 6 nitrogen and oxygen atoms in total.